The number of urea groups is 1. The van der Waals surface area contributed by atoms with Crippen LogP contribution in [-0.4, -0.2) is 6.03 Å². The lowest BCUT2D eigenvalue weighted by atomic mass is 10.1. The SMILES string of the molecule is N#Cc1ccc(N(Cl)C(N)=O)cc1C#N. The highest BCUT2D eigenvalue weighted by Gasteiger charge is 2.11. The molecule has 5 nitrogen and oxygen atoms in total. The van der Waals surface area contributed by atoms with Crippen LogP contribution in [0.25, 0.3) is 0 Å². The molecule has 0 aromatic heterocycles. The summed E-state index contributed by atoms with van der Waals surface area (Å²) in [6.07, 6.45) is 0. The molecule has 6 heteroatoms. The molecule has 1 aromatic rings. The highest BCUT2D eigenvalue weighted by molar-refractivity contribution is 6.36. The van der Waals surface area contributed by atoms with Crippen LogP contribution < -0.4 is 10.2 Å². The summed E-state index contributed by atoms with van der Waals surface area (Å²) in [7, 11) is 0. The molecule has 0 bridgehead atoms. The summed E-state index contributed by atoms with van der Waals surface area (Å²) < 4.78 is 0.669. The van der Waals surface area contributed by atoms with Crippen molar-refractivity contribution in [2.45, 2.75) is 0 Å². The fourth-order valence-corrected chi connectivity index (χ4v) is 1.08. The van der Waals surface area contributed by atoms with Gasteiger partial charge >= 0.3 is 6.03 Å². The van der Waals surface area contributed by atoms with Gasteiger partial charge in [0.2, 0.25) is 0 Å². The summed E-state index contributed by atoms with van der Waals surface area (Å²) in [6.45, 7) is 0. The molecule has 1 rings (SSSR count). The van der Waals surface area contributed by atoms with Crippen molar-refractivity contribution in [1.82, 2.24) is 0 Å². The number of primary amides is 1. The summed E-state index contributed by atoms with van der Waals surface area (Å²) in [6, 6.07) is 6.94. The van der Waals surface area contributed by atoms with Gasteiger partial charge in [-0.1, -0.05) is 0 Å². The number of nitriles is 2. The maximum atomic E-state index is 10.7. The fraction of sp³-hybridized carbons (Fsp3) is 0. The van der Waals surface area contributed by atoms with E-state index in [0.29, 0.717) is 4.42 Å². The third kappa shape index (κ3) is 2.16. The molecule has 0 atom stereocenters. The lowest BCUT2D eigenvalue weighted by Gasteiger charge is -2.10. The van der Waals surface area contributed by atoms with Crippen molar-refractivity contribution < 1.29 is 4.79 Å². The molecule has 15 heavy (non-hydrogen) atoms. The molecule has 0 aliphatic heterocycles. The molecule has 2 N–H and O–H groups in total. The third-order valence-electron chi connectivity index (χ3n) is 1.66. The van der Waals surface area contributed by atoms with Crippen LogP contribution in [-0.2, 0) is 0 Å². The van der Waals surface area contributed by atoms with E-state index in [0.717, 1.165) is 0 Å². The van der Waals surface area contributed by atoms with Gasteiger partial charge in [0.05, 0.1) is 16.8 Å². The number of carbonyl (C=O) groups excluding carboxylic acids is 1. The van der Waals surface area contributed by atoms with Crippen molar-refractivity contribution in [2.24, 2.45) is 5.73 Å². The summed E-state index contributed by atoms with van der Waals surface area (Å²) in [5.74, 6) is 0. The van der Waals surface area contributed by atoms with Crippen LogP contribution in [0.3, 0.4) is 0 Å². The molecule has 74 valence electrons. The topological polar surface area (TPSA) is 93.9 Å². The summed E-state index contributed by atoms with van der Waals surface area (Å²) >= 11 is 5.53. The molecule has 1 aromatic carbocycles. The average Bonchev–Trinajstić information content (AvgIpc) is 2.26. The lowest BCUT2D eigenvalue weighted by Crippen LogP contribution is -2.27. The van der Waals surface area contributed by atoms with Gasteiger partial charge in [-0.25, -0.2) is 9.21 Å². The average molecular weight is 221 g/mol. The molecule has 0 aliphatic rings. The summed E-state index contributed by atoms with van der Waals surface area (Å²) in [5, 5.41) is 17.4. The normalized spacial score (nSPS) is 8.73. The van der Waals surface area contributed by atoms with Crippen molar-refractivity contribution in [3.8, 4) is 12.1 Å². The Labute approximate surface area is 91.0 Å². The Bertz CT molecular complexity index is 486. The van der Waals surface area contributed by atoms with Crippen molar-refractivity contribution in [3.63, 3.8) is 0 Å². The van der Waals surface area contributed by atoms with Gasteiger partial charge in [-0.3, -0.25) is 0 Å². The molecular weight excluding hydrogens is 216 g/mol. The Balaban J connectivity index is 3.22. The standard InChI is InChI=1S/C9H5ClN4O/c10-14(9(13)15)8-2-1-6(4-11)7(3-8)5-12/h1-3H,(H2,13,15). The van der Waals surface area contributed by atoms with E-state index in [-0.39, 0.29) is 16.8 Å². The number of benzene rings is 1. The van der Waals surface area contributed by atoms with Gasteiger partial charge in [0.25, 0.3) is 0 Å². The molecule has 0 saturated carbocycles. The van der Waals surface area contributed by atoms with Gasteiger partial charge < -0.3 is 5.73 Å². The van der Waals surface area contributed by atoms with Crippen LogP contribution in [0.4, 0.5) is 10.5 Å². The van der Waals surface area contributed by atoms with Crippen LogP contribution in [0.2, 0.25) is 0 Å². The van der Waals surface area contributed by atoms with Gasteiger partial charge in [-0.15, -0.1) is 0 Å². The molecule has 0 fully saturated rings. The Morgan fingerprint density at radius 2 is 1.93 bits per heavy atom. The van der Waals surface area contributed by atoms with E-state index in [2.05, 4.69) is 0 Å². The highest BCUT2D eigenvalue weighted by Crippen LogP contribution is 2.20. The maximum Gasteiger partial charge on any atom is 0.334 e. The summed E-state index contributed by atoms with van der Waals surface area (Å²) in [5.41, 5.74) is 5.55. The minimum Gasteiger partial charge on any atom is -0.350 e. The first kappa shape index (κ1) is 10.8. The smallest absolute Gasteiger partial charge is 0.334 e. The van der Waals surface area contributed by atoms with Gasteiger partial charge in [0.1, 0.15) is 12.1 Å². The van der Waals surface area contributed by atoms with Gasteiger partial charge in [0.15, 0.2) is 0 Å². The quantitative estimate of drug-likeness (QED) is 0.726. The predicted molar refractivity (Wildman–Crippen MR) is 53.8 cm³/mol. The number of rotatable bonds is 1. The number of halogens is 1. The molecule has 0 unspecified atom stereocenters. The van der Waals surface area contributed by atoms with Crippen molar-refractivity contribution in [1.29, 1.82) is 10.5 Å². The van der Waals surface area contributed by atoms with E-state index in [1.54, 1.807) is 0 Å². The largest absolute Gasteiger partial charge is 0.350 e. The molecule has 0 radical (unpaired) electrons. The predicted octanol–water partition coefficient (Wildman–Crippen LogP) is 1.47. The zero-order valence-corrected chi connectivity index (χ0v) is 8.19. The van der Waals surface area contributed by atoms with Crippen molar-refractivity contribution in [3.05, 3.63) is 29.3 Å². The first-order valence-electron chi connectivity index (χ1n) is 3.79. The Kier molecular flexibility index (Phi) is 3.12. The number of anilines is 1. The lowest BCUT2D eigenvalue weighted by molar-refractivity contribution is 0.257. The Morgan fingerprint density at radius 1 is 1.33 bits per heavy atom. The molecule has 0 saturated heterocycles. The number of carbonyl (C=O) groups is 1. The van der Waals surface area contributed by atoms with Crippen LogP contribution in [0, 0.1) is 22.7 Å². The van der Waals surface area contributed by atoms with Gasteiger partial charge in [-0.2, -0.15) is 10.5 Å². The minimum atomic E-state index is -0.856. The Morgan fingerprint density at radius 3 is 2.40 bits per heavy atom. The van der Waals surface area contributed by atoms with Gasteiger partial charge in [0, 0.05) is 11.8 Å². The van der Waals surface area contributed by atoms with E-state index in [4.69, 9.17) is 28.0 Å². The van der Waals surface area contributed by atoms with E-state index in [9.17, 15) is 4.79 Å². The van der Waals surface area contributed by atoms with E-state index >= 15 is 0 Å². The zero-order valence-electron chi connectivity index (χ0n) is 7.44. The highest BCUT2D eigenvalue weighted by atomic mass is 35.5. The maximum absolute atomic E-state index is 10.7. The van der Waals surface area contributed by atoms with Crippen LogP contribution >= 0.6 is 11.8 Å². The number of nitrogens with zero attached hydrogens (tertiary/aromatic N) is 3. The fourth-order valence-electron chi connectivity index (χ4n) is 0.972. The first-order valence-corrected chi connectivity index (χ1v) is 4.13. The number of amides is 2. The second-order valence-electron chi connectivity index (χ2n) is 2.57. The van der Waals surface area contributed by atoms with E-state index in [1.807, 2.05) is 12.1 Å². The van der Waals surface area contributed by atoms with Gasteiger partial charge in [-0.05, 0) is 18.2 Å². The van der Waals surface area contributed by atoms with Crippen molar-refractivity contribution >= 4 is 23.5 Å². The number of hydrogen-bond acceptors (Lipinski definition) is 3. The minimum absolute atomic E-state index is 0.141. The zero-order chi connectivity index (χ0) is 11.4. The van der Waals surface area contributed by atoms with Crippen LogP contribution in [0.1, 0.15) is 11.1 Å². The molecule has 0 aliphatic carbocycles. The second kappa shape index (κ2) is 4.32. The van der Waals surface area contributed by atoms with Crippen LogP contribution in [0.5, 0.6) is 0 Å². The molecular formula is C9H5ClN4O. The second-order valence-corrected chi connectivity index (χ2v) is 2.91. The monoisotopic (exact) mass is 220 g/mol. The number of nitrogens with two attached hydrogens (primary N) is 1. The third-order valence-corrected chi connectivity index (χ3v) is 2.03. The van der Waals surface area contributed by atoms with Crippen LogP contribution in [0.15, 0.2) is 18.2 Å². The van der Waals surface area contributed by atoms with Crippen molar-refractivity contribution in [2.75, 3.05) is 4.42 Å². The Hall–Kier alpha value is -2.24. The van der Waals surface area contributed by atoms with E-state index in [1.165, 1.54) is 18.2 Å². The molecule has 2 amide bonds. The molecule has 0 spiro atoms. The molecule has 0 heterocycles. The first-order chi connectivity index (χ1) is 7.10. The van der Waals surface area contributed by atoms with E-state index < -0.39 is 6.03 Å². The summed E-state index contributed by atoms with van der Waals surface area (Å²) in [4.78, 5) is 10.7. The number of hydrogen-bond donors (Lipinski definition) is 1.